The van der Waals surface area contributed by atoms with E-state index < -0.39 is 11.6 Å². The van der Waals surface area contributed by atoms with E-state index in [1.54, 1.807) is 12.1 Å². The van der Waals surface area contributed by atoms with Crippen molar-refractivity contribution in [2.45, 2.75) is 6.54 Å². The average Bonchev–Trinajstić information content (AvgIpc) is 3.07. The molecule has 5 heteroatoms. The molecule has 0 aliphatic heterocycles. The van der Waals surface area contributed by atoms with Crippen molar-refractivity contribution in [3.05, 3.63) is 101 Å². The van der Waals surface area contributed by atoms with Gasteiger partial charge in [-0.1, -0.05) is 60.1 Å². The van der Waals surface area contributed by atoms with E-state index >= 15 is 0 Å². The van der Waals surface area contributed by atoms with Crippen LogP contribution >= 0.6 is 11.6 Å². The lowest BCUT2D eigenvalue weighted by Crippen LogP contribution is -2.03. The second kappa shape index (κ2) is 6.98. The molecule has 0 saturated carbocycles. The molecule has 1 heterocycles. The van der Waals surface area contributed by atoms with Crippen molar-refractivity contribution in [3.63, 3.8) is 0 Å². The number of hydrogen-bond acceptors (Lipinski definition) is 1. The molecule has 29 heavy (non-hydrogen) atoms. The summed E-state index contributed by atoms with van der Waals surface area (Å²) < 4.78 is 29.2. The quantitative estimate of drug-likeness (QED) is 0.322. The normalized spacial score (nSPS) is 11.4. The molecule has 2 nitrogen and oxygen atoms in total. The Kier molecular flexibility index (Phi) is 4.29. The molecule has 0 amide bonds. The van der Waals surface area contributed by atoms with Crippen molar-refractivity contribution >= 4 is 33.4 Å². The molecule has 0 N–H and O–H groups in total. The van der Waals surface area contributed by atoms with Crippen LogP contribution in [0.15, 0.2) is 78.9 Å². The fourth-order valence-corrected chi connectivity index (χ4v) is 3.88. The van der Waals surface area contributed by atoms with Crippen molar-refractivity contribution in [1.29, 1.82) is 0 Å². The van der Waals surface area contributed by atoms with E-state index in [2.05, 4.69) is 18.2 Å². The molecule has 0 atom stereocenters. The lowest BCUT2D eigenvalue weighted by atomic mass is 10.0. The monoisotopic (exact) mass is 404 g/mol. The number of rotatable bonds is 3. The minimum atomic E-state index is -0.860. The van der Waals surface area contributed by atoms with Gasteiger partial charge in [0.2, 0.25) is 0 Å². The Bertz CT molecular complexity index is 1370. The number of nitrogens with zero attached hydrogens (tertiary/aromatic N) is 2. The van der Waals surface area contributed by atoms with Crippen molar-refractivity contribution in [2.24, 2.45) is 0 Å². The first kappa shape index (κ1) is 17.8. The summed E-state index contributed by atoms with van der Waals surface area (Å²) in [5.74, 6) is -0.962. The third-order valence-electron chi connectivity index (χ3n) is 5.07. The van der Waals surface area contributed by atoms with Crippen LogP contribution in [-0.2, 0) is 6.54 Å². The maximum Gasteiger partial charge on any atom is 0.159 e. The maximum absolute atomic E-state index is 13.8. The first-order valence-corrected chi connectivity index (χ1v) is 9.56. The molecule has 142 valence electrons. The molecule has 1 aromatic heterocycles. The zero-order chi connectivity index (χ0) is 20.0. The third-order valence-corrected chi connectivity index (χ3v) is 5.30. The molecule has 0 bridgehead atoms. The second-order valence-electron chi connectivity index (χ2n) is 6.93. The Hall–Kier alpha value is -3.24. The van der Waals surface area contributed by atoms with Crippen molar-refractivity contribution in [2.75, 3.05) is 0 Å². The van der Waals surface area contributed by atoms with Crippen molar-refractivity contribution < 1.29 is 8.78 Å². The topological polar surface area (TPSA) is 17.8 Å². The predicted octanol–water partition coefficient (Wildman–Crippen LogP) is 6.84. The van der Waals surface area contributed by atoms with Crippen LogP contribution in [0.4, 0.5) is 8.78 Å². The van der Waals surface area contributed by atoms with Gasteiger partial charge in [0.15, 0.2) is 11.6 Å². The van der Waals surface area contributed by atoms with Crippen LogP contribution in [0.2, 0.25) is 5.02 Å². The van der Waals surface area contributed by atoms with Gasteiger partial charge in [0.25, 0.3) is 0 Å². The summed E-state index contributed by atoms with van der Waals surface area (Å²) in [7, 11) is 0. The maximum atomic E-state index is 13.8. The highest BCUT2D eigenvalue weighted by Gasteiger charge is 2.16. The standard InChI is InChI=1S/C24H15ClF2N2/c25-17-9-11-23-22(13-17)28-24(19-7-3-5-16-4-1-2-6-18(16)19)29(23)14-15-8-10-20(26)21(27)12-15/h1-13H,14H2. The number of halogens is 3. The molecular formula is C24H15ClF2N2. The van der Waals surface area contributed by atoms with Gasteiger partial charge < -0.3 is 4.57 Å². The van der Waals surface area contributed by atoms with Gasteiger partial charge in [0.05, 0.1) is 11.0 Å². The van der Waals surface area contributed by atoms with Crippen LogP contribution in [0, 0.1) is 11.6 Å². The summed E-state index contributed by atoms with van der Waals surface area (Å²) in [6.07, 6.45) is 0. The van der Waals surface area contributed by atoms with Crippen LogP contribution in [0.1, 0.15) is 5.56 Å². The van der Waals surface area contributed by atoms with E-state index in [1.165, 1.54) is 6.07 Å². The zero-order valence-electron chi connectivity index (χ0n) is 15.2. The number of benzene rings is 4. The molecule has 0 aliphatic carbocycles. The van der Waals surface area contributed by atoms with Gasteiger partial charge in [-0.3, -0.25) is 0 Å². The number of imidazole rings is 1. The Morgan fingerprint density at radius 2 is 1.66 bits per heavy atom. The first-order chi connectivity index (χ1) is 14.1. The predicted molar refractivity (Wildman–Crippen MR) is 113 cm³/mol. The summed E-state index contributed by atoms with van der Waals surface area (Å²) in [4.78, 5) is 4.84. The molecule has 0 aliphatic rings. The highest BCUT2D eigenvalue weighted by Crippen LogP contribution is 2.32. The summed E-state index contributed by atoms with van der Waals surface area (Å²) in [6, 6.07) is 23.6. The summed E-state index contributed by atoms with van der Waals surface area (Å²) in [6.45, 7) is 0.355. The Balaban J connectivity index is 1.76. The van der Waals surface area contributed by atoms with Crippen LogP contribution in [0.5, 0.6) is 0 Å². The van der Waals surface area contributed by atoms with Gasteiger partial charge >= 0.3 is 0 Å². The molecule has 5 rings (SSSR count). The smallest absolute Gasteiger partial charge is 0.159 e. The molecule has 0 radical (unpaired) electrons. The SMILES string of the molecule is Fc1ccc(Cn2c(-c3cccc4ccccc34)nc3cc(Cl)ccc32)cc1F. The van der Waals surface area contributed by atoms with E-state index in [4.69, 9.17) is 16.6 Å². The Morgan fingerprint density at radius 3 is 2.52 bits per heavy atom. The van der Waals surface area contributed by atoms with Gasteiger partial charge in [0.1, 0.15) is 5.82 Å². The van der Waals surface area contributed by atoms with E-state index in [0.29, 0.717) is 17.1 Å². The summed E-state index contributed by atoms with van der Waals surface area (Å²) in [5, 5.41) is 2.77. The van der Waals surface area contributed by atoms with Crippen LogP contribution in [0.3, 0.4) is 0 Å². The number of hydrogen-bond donors (Lipinski definition) is 0. The fourth-order valence-electron chi connectivity index (χ4n) is 3.71. The largest absolute Gasteiger partial charge is 0.319 e. The van der Waals surface area contributed by atoms with Gasteiger partial charge in [-0.25, -0.2) is 13.8 Å². The van der Waals surface area contributed by atoms with Crippen LogP contribution < -0.4 is 0 Å². The second-order valence-corrected chi connectivity index (χ2v) is 7.37. The molecule has 4 aromatic carbocycles. The lowest BCUT2D eigenvalue weighted by Gasteiger charge is -2.12. The van der Waals surface area contributed by atoms with Crippen LogP contribution in [0.25, 0.3) is 33.2 Å². The molecule has 5 aromatic rings. The van der Waals surface area contributed by atoms with E-state index in [0.717, 1.165) is 39.3 Å². The van der Waals surface area contributed by atoms with E-state index in [1.807, 2.05) is 41.0 Å². The number of fused-ring (bicyclic) bond motifs is 2. The zero-order valence-corrected chi connectivity index (χ0v) is 16.0. The van der Waals surface area contributed by atoms with Gasteiger partial charge in [0, 0.05) is 17.1 Å². The van der Waals surface area contributed by atoms with Crippen molar-refractivity contribution in [3.8, 4) is 11.4 Å². The number of aromatic nitrogens is 2. The summed E-state index contributed by atoms with van der Waals surface area (Å²) in [5.41, 5.74) is 3.25. The van der Waals surface area contributed by atoms with E-state index in [-0.39, 0.29) is 0 Å². The van der Waals surface area contributed by atoms with Gasteiger partial charge in [-0.15, -0.1) is 0 Å². The van der Waals surface area contributed by atoms with Gasteiger partial charge in [-0.05, 0) is 46.7 Å². The Morgan fingerprint density at radius 1 is 0.828 bits per heavy atom. The first-order valence-electron chi connectivity index (χ1n) is 9.18. The van der Waals surface area contributed by atoms with Crippen molar-refractivity contribution in [1.82, 2.24) is 9.55 Å². The highest BCUT2D eigenvalue weighted by atomic mass is 35.5. The molecular weight excluding hydrogens is 390 g/mol. The molecule has 0 saturated heterocycles. The minimum absolute atomic E-state index is 0.355. The summed E-state index contributed by atoms with van der Waals surface area (Å²) >= 11 is 6.18. The highest BCUT2D eigenvalue weighted by molar-refractivity contribution is 6.31. The third kappa shape index (κ3) is 3.15. The van der Waals surface area contributed by atoms with Crippen LogP contribution in [-0.4, -0.2) is 9.55 Å². The van der Waals surface area contributed by atoms with E-state index in [9.17, 15) is 8.78 Å². The molecule has 0 spiro atoms. The molecule has 0 unspecified atom stereocenters. The Labute approximate surface area is 171 Å². The lowest BCUT2D eigenvalue weighted by molar-refractivity contribution is 0.506. The van der Waals surface area contributed by atoms with Gasteiger partial charge in [-0.2, -0.15) is 0 Å². The average molecular weight is 405 g/mol. The fraction of sp³-hybridized carbons (Fsp3) is 0.0417. The molecule has 0 fully saturated rings. The minimum Gasteiger partial charge on any atom is -0.319 e.